The van der Waals surface area contributed by atoms with Crippen LogP contribution in [0.25, 0.3) is 11.3 Å². The summed E-state index contributed by atoms with van der Waals surface area (Å²) in [5, 5.41) is 24.7. The number of benzene rings is 3. The van der Waals surface area contributed by atoms with Crippen molar-refractivity contribution < 1.29 is 24.3 Å². The van der Waals surface area contributed by atoms with Gasteiger partial charge in [-0.05, 0) is 67.3 Å². The molecule has 7 nitrogen and oxygen atoms in total. The van der Waals surface area contributed by atoms with Gasteiger partial charge >= 0.3 is 5.97 Å². The predicted octanol–water partition coefficient (Wildman–Crippen LogP) is 7.50. The standard InChI is InChI=1S/C30H27Cl3N2O5/c31-24-5-2-6-25(32)27(24)28-23(29(40-34-28)19-7-8-19)17-39-22-10-9-18(26(33)16-22)11-12-35(13-14-36)21-4-1-3-20(15-21)30(37)38/h1-6,9-10,15-16,19,36H,7-8,11-14,17H2,(H,37,38). The molecule has 40 heavy (non-hydrogen) atoms. The van der Waals surface area contributed by atoms with Crippen LogP contribution < -0.4 is 9.64 Å². The lowest BCUT2D eigenvalue weighted by atomic mass is 10.0. The highest BCUT2D eigenvalue weighted by molar-refractivity contribution is 6.39. The minimum absolute atomic E-state index is 0.0646. The van der Waals surface area contributed by atoms with Crippen LogP contribution in [0, 0.1) is 0 Å². The third-order valence-electron chi connectivity index (χ3n) is 6.85. The van der Waals surface area contributed by atoms with Gasteiger partial charge in [0.25, 0.3) is 0 Å². The first-order valence-corrected chi connectivity index (χ1v) is 14.0. The summed E-state index contributed by atoms with van der Waals surface area (Å²) in [5.74, 6) is 0.700. The Labute approximate surface area is 246 Å². The number of hydrogen-bond acceptors (Lipinski definition) is 6. The summed E-state index contributed by atoms with van der Waals surface area (Å²) < 4.78 is 11.9. The number of aromatic carboxylic acids is 1. The van der Waals surface area contributed by atoms with Crippen molar-refractivity contribution in [2.24, 2.45) is 0 Å². The summed E-state index contributed by atoms with van der Waals surface area (Å²) in [6, 6.07) is 17.5. The highest BCUT2D eigenvalue weighted by Gasteiger charge is 2.33. The summed E-state index contributed by atoms with van der Waals surface area (Å²) in [6.45, 7) is 1.05. The molecule has 10 heteroatoms. The zero-order valence-electron chi connectivity index (χ0n) is 21.4. The maximum atomic E-state index is 11.4. The van der Waals surface area contributed by atoms with Crippen molar-refractivity contribution in [3.8, 4) is 17.0 Å². The average Bonchev–Trinajstić information content (AvgIpc) is 3.70. The quantitative estimate of drug-likeness (QED) is 0.174. The zero-order chi connectivity index (χ0) is 28.2. The van der Waals surface area contributed by atoms with E-state index in [1.54, 1.807) is 36.4 Å². The van der Waals surface area contributed by atoms with Gasteiger partial charge in [0, 0.05) is 35.3 Å². The Balaban J connectivity index is 1.30. The van der Waals surface area contributed by atoms with Gasteiger partial charge in [-0.1, -0.05) is 58.2 Å². The Bertz CT molecular complexity index is 1500. The number of aliphatic hydroxyl groups excluding tert-OH is 1. The van der Waals surface area contributed by atoms with Crippen LogP contribution in [-0.2, 0) is 13.0 Å². The van der Waals surface area contributed by atoms with Crippen molar-refractivity contribution in [1.29, 1.82) is 0 Å². The van der Waals surface area contributed by atoms with Crippen molar-refractivity contribution >= 4 is 46.5 Å². The molecule has 1 fully saturated rings. The normalized spacial score (nSPS) is 12.9. The molecule has 1 saturated carbocycles. The minimum Gasteiger partial charge on any atom is -0.489 e. The van der Waals surface area contributed by atoms with E-state index in [1.165, 1.54) is 6.07 Å². The van der Waals surface area contributed by atoms with Crippen molar-refractivity contribution in [1.82, 2.24) is 5.16 Å². The number of aliphatic hydroxyl groups is 1. The number of carbonyl (C=O) groups is 1. The number of anilines is 1. The van der Waals surface area contributed by atoms with Gasteiger partial charge in [0.1, 0.15) is 23.8 Å². The number of rotatable bonds is 12. The highest BCUT2D eigenvalue weighted by Crippen LogP contribution is 2.46. The molecular formula is C30H27Cl3N2O5. The molecule has 0 amide bonds. The molecule has 3 aromatic carbocycles. The van der Waals surface area contributed by atoms with E-state index in [0.29, 0.717) is 57.5 Å². The molecule has 1 aliphatic carbocycles. The Kier molecular flexibility index (Phi) is 8.86. The Morgan fingerprint density at radius 3 is 2.42 bits per heavy atom. The zero-order valence-corrected chi connectivity index (χ0v) is 23.7. The minimum atomic E-state index is -0.998. The van der Waals surface area contributed by atoms with Crippen molar-refractivity contribution in [2.45, 2.75) is 31.8 Å². The number of carboxylic acids is 1. The summed E-state index contributed by atoms with van der Waals surface area (Å²) in [6.07, 6.45) is 2.65. The van der Waals surface area contributed by atoms with Gasteiger partial charge in [0.05, 0.1) is 27.8 Å². The van der Waals surface area contributed by atoms with Gasteiger partial charge in [-0.15, -0.1) is 0 Å². The van der Waals surface area contributed by atoms with E-state index in [4.69, 9.17) is 44.1 Å². The lowest BCUT2D eigenvalue weighted by Gasteiger charge is -2.24. The fourth-order valence-corrected chi connectivity index (χ4v) is 5.45. The van der Waals surface area contributed by atoms with E-state index in [-0.39, 0.29) is 18.8 Å². The molecule has 0 radical (unpaired) electrons. The summed E-state index contributed by atoms with van der Waals surface area (Å²) in [7, 11) is 0. The summed E-state index contributed by atoms with van der Waals surface area (Å²) in [4.78, 5) is 13.3. The fourth-order valence-electron chi connectivity index (χ4n) is 4.61. The molecular weight excluding hydrogens is 575 g/mol. The topological polar surface area (TPSA) is 96.0 Å². The summed E-state index contributed by atoms with van der Waals surface area (Å²) in [5.41, 5.74) is 3.84. The van der Waals surface area contributed by atoms with Crippen LogP contribution in [0.1, 0.15) is 46.0 Å². The van der Waals surface area contributed by atoms with Crippen LogP contribution in [0.3, 0.4) is 0 Å². The number of nitrogens with zero attached hydrogens (tertiary/aromatic N) is 2. The number of carboxylic acid groups (broad SMARTS) is 1. The highest BCUT2D eigenvalue weighted by atomic mass is 35.5. The van der Waals surface area contributed by atoms with E-state index in [9.17, 15) is 15.0 Å². The number of aromatic nitrogens is 1. The lowest BCUT2D eigenvalue weighted by molar-refractivity contribution is 0.0697. The van der Waals surface area contributed by atoms with Crippen LogP contribution in [0.4, 0.5) is 5.69 Å². The molecule has 1 heterocycles. The van der Waals surface area contributed by atoms with Crippen molar-refractivity contribution in [3.05, 3.63) is 98.2 Å². The van der Waals surface area contributed by atoms with Gasteiger partial charge in [-0.3, -0.25) is 0 Å². The predicted molar refractivity (Wildman–Crippen MR) is 156 cm³/mol. The van der Waals surface area contributed by atoms with Crippen molar-refractivity contribution in [2.75, 3.05) is 24.6 Å². The molecule has 0 atom stereocenters. The number of hydrogen-bond donors (Lipinski definition) is 2. The van der Waals surface area contributed by atoms with Crippen LogP contribution >= 0.6 is 34.8 Å². The summed E-state index contributed by atoms with van der Waals surface area (Å²) >= 11 is 19.6. The molecule has 0 unspecified atom stereocenters. The van der Waals surface area contributed by atoms with E-state index < -0.39 is 5.97 Å². The molecule has 0 spiro atoms. The molecule has 0 bridgehead atoms. The van der Waals surface area contributed by atoms with Crippen LogP contribution in [0.2, 0.25) is 15.1 Å². The van der Waals surface area contributed by atoms with E-state index in [0.717, 1.165) is 35.4 Å². The average molecular weight is 602 g/mol. The largest absolute Gasteiger partial charge is 0.489 e. The van der Waals surface area contributed by atoms with E-state index >= 15 is 0 Å². The molecule has 0 saturated heterocycles. The molecule has 0 aliphatic heterocycles. The van der Waals surface area contributed by atoms with Gasteiger partial charge in [-0.25, -0.2) is 4.79 Å². The van der Waals surface area contributed by atoms with Gasteiger partial charge in [0.15, 0.2) is 0 Å². The smallest absolute Gasteiger partial charge is 0.335 e. The second-order valence-electron chi connectivity index (χ2n) is 9.60. The van der Waals surface area contributed by atoms with Crippen LogP contribution in [-0.4, -0.2) is 41.0 Å². The van der Waals surface area contributed by atoms with Gasteiger partial charge < -0.3 is 24.4 Å². The van der Waals surface area contributed by atoms with Gasteiger partial charge in [0.2, 0.25) is 0 Å². The van der Waals surface area contributed by atoms with E-state index in [1.807, 2.05) is 23.1 Å². The Hall–Kier alpha value is -3.23. The monoisotopic (exact) mass is 600 g/mol. The third kappa shape index (κ3) is 6.39. The first-order valence-electron chi connectivity index (χ1n) is 12.9. The maximum Gasteiger partial charge on any atom is 0.335 e. The second-order valence-corrected chi connectivity index (χ2v) is 10.8. The molecule has 5 rings (SSSR count). The van der Waals surface area contributed by atoms with E-state index in [2.05, 4.69) is 5.16 Å². The first-order chi connectivity index (χ1) is 19.4. The molecule has 4 aromatic rings. The molecule has 208 valence electrons. The van der Waals surface area contributed by atoms with Crippen molar-refractivity contribution in [3.63, 3.8) is 0 Å². The lowest BCUT2D eigenvalue weighted by Crippen LogP contribution is -2.29. The van der Waals surface area contributed by atoms with Gasteiger partial charge in [-0.2, -0.15) is 0 Å². The Morgan fingerprint density at radius 1 is 1.00 bits per heavy atom. The number of halogens is 3. The Morgan fingerprint density at radius 2 is 1.75 bits per heavy atom. The molecule has 1 aromatic heterocycles. The van der Waals surface area contributed by atoms with Crippen LogP contribution in [0.15, 0.2) is 65.2 Å². The third-order valence-corrected chi connectivity index (χ3v) is 7.83. The van der Waals surface area contributed by atoms with Crippen LogP contribution in [0.5, 0.6) is 5.75 Å². The molecule has 2 N–H and O–H groups in total. The number of ether oxygens (including phenoxy) is 1. The SMILES string of the molecule is O=C(O)c1cccc(N(CCO)CCc2ccc(OCc3c(-c4c(Cl)cccc4Cl)noc3C3CC3)cc2Cl)c1. The molecule has 1 aliphatic rings. The maximum absolute atomic E-state index is 11.4. The second kappa shape index (κ2) is 12.5. The first kappa shape index (κ1) is 28.3. The fraction of sp³-hybridized carbons (Fsp3) is 0.267.